The highest BCUT2D eigenvalue weighted by Crippen LogP contribution is 2.33. The molecule has 0 aliphatic carbocycles. The van der Waals surface area contributed by atoms with E-state index in [-0.39, 0.29) is 0 Å². The van der Waals surface area contributed by atoms with Gasteiger partial charge in [-0.05, 0) is 61.7 Å². The van der Waals surface area contributed by atoms with Gasteiger partial charge in [0.1, 0.15) is 12.1 Å². The molecule has 3 rings (SSSR count). The summed E-state index contributed by atoms with van der Waals surface area (Å²) in [6.45, 7) is 6.23. The van der Waals surface area contributed by atoms with Crippen LogP contribution in [0.25, 0.3) is 10.9 Å². The minimum Gasteiger partial charge on any atom is -0.329 e. The van der Waals surface area contributed by atoms with Crippen molar-refractivity contribution in [3.8, 4) is 0 Å². The second-order valence-corrected chi connectivity index (χ2v) is 6.00. The fourth-order valence-electron chi connectivity index (χ4n) is 2.64. The molecule has 3 nitrogen and oxygen atoms in total. The molecule has 0 bridgehead atoms. The van der Waals surface area contributed by atoms with E-state index in [9.17, 15) is 0 Å². The van der Waals surface area contributed by atoms with Crippen molar-refractivity contribution in [1.82, 2.24) is 9.97 Å². The molecule has 0 N–H and O–H groups in total. The second-order valence-electron chi connectivity index (χ2n) is 5.59. The molecule has 0 spiro atoms. The smallest absolute Gasteiger partial charge is 0.144 e. The molecule has 22 heavy (non-hydrogen) atoms. The highest BCUT2D eigenvalue weighted by atomic mass is 35.5. The Morgan fingerprint density at radius 1 is 1.00 bits per heavy atom. The van der Waals surface area contributed by atoms with Crippen molar-refractivity contribution >= 4 is 34.0 Å². The number of anilines is 2. The molecule has 112 valence electrons. The van der Waals surface area contributed by atoms with Crippen LogP contribution in [0.5, 0.6) is 0 Å². The summed E-state index contributed by atoms with van der Waals surface area (Å²) in [6.07, 6.45) is 1.61. The van der Waals surface area contributed by atoms with Gasteiger partial charge in [0.15, 0.2) is 0 Å². The van der Waals surface area contributed by atoms with E-state index in [0.29, 0.717) is 0 Å². The second kappa shape index (κ2) is 5.58. The number of benzene rings is 2. The first-order valence-corrected chi connectivity index (χ1v) is 7.57. The lowest BCUT2D eigenvalue weighted by molar-refractivity contribution is 1.10. The van der Waals surface area contributed by atoms with Gasteiger partial charge in [-0.2, -0.15) is 0 Å². The summed E-state index contributed by atoms with van der Waals surface area (Å²) < 4.78 is 0. The minimum absolute atomic E-state index is 0.759. The van der Waals surface area contributed by atoms with Gasteiger partial charge in [0.05, 0.1) is 5.52 Å². The lowest BCUT2D eigenvalue weighted by atomic mass is 10.1. The van der Waals surface area contributed by atoms with Gasteiger partial charge in [-0.15, -0.1) is 0 Å². The number of hydrogen-bond donors (Lipinski definition) is 0. The molecule has 1 aromatic heterocycles. The van der Waals surface area contributed by atoms with Crippen molar-refractivity contribution in [2.75, 3.05) is 11.9 Å². The Morgan fingerprint density at radius 2 is 1.73 bits per heavy atom. The van der Waals surface area contributed by atoms with E-state index < -0.39 is 0 Å². The number of halogens is 1. The number of nitrogens with zero attached hydrogens (tertiary/aromatic N) is 3. The van der Waals surface area contributed by atoms with Crippen molar-refractivity contribution in [2.24, 2.45) is 0 Å². The molecule has 2 aromatic carbocycles. The van der Waals surface area contributed by atoms with E-state index in [1.165, 1.54) is 11.1 Å². The number of aromatic nitrogens is 2. The van der Waals surface area contributed by atoms with Gasteiger partial charge in [-0.1, -0.05) is 17.7 Å². The van der Waals surface area contributed by atoms with Crippen LogP contribution in [-0.2, 0) is 0 Å². The zero-order valence-corrected chi connectivity index (χ0v) is 13.9. The zero-order valence-electron chi connectivity index (χ0n) is 13.2. The largest absolute Gasteiger partial charge is 0.329 e. The standard InChI is InChI=1S/C18H18ClN3/c1-11-8-14-16(9-12(11)2)20-10-21-18(14)22(4)17-7-5-6-15(19)13(17)3/h5-10H,1-4H3. The van der Waals surface area contributed by atoms with Gasteiger partial charge in [-0.3, -0.25) is 0 Å². The third-order valence-electron chi connectivity index (χ3n) is 4.15. The summed E-state index contributed by atoms with van der Waals surface area (Å²) in [6, 6.07) is 10.2. The number of aryl methyl sites for hydroxylation is 2. The summed E-state index contributed by atoms with van der Waals surface area (Å²) in [5, 5.41) is 1.81. The predicted octanol–water partition coefficient (Wildman–Crippen LogP) is 4.98. The highest BCUT2D eigenvalue weighted by molar-refractivity contribution is 6.31. The monoisotopic (exact) mass is 311 g/mol. The van der Waals surface area contributed by atoms with E-state index in [1.807, 2.05) is 26.1 Å². The maximum atomic E-state index is 6.25. The molecule has 3 aromatic rings. The Bertz CT molecular complexity index is 858. The molecular weight excluding hydrogens is 294 g/mol. The molecule has 0 fully saturated rings. The Balaban J connectivity index is 2.21. The zero-order chi connectivity index (χ0) is 15.9. The van der Waals surface area contributed by atoms with Crippen LogP contribution < -0.4 is 4.90 Å². The third kappa shape index (κ3) is 2.42. The van der Waals surface area contributed by atoms with Crippen LogP contribution in [0.2, 0.25) is 5.02 Å². The normalized spacial score (nSPS) is 11.0. The van der Waals surface area contributed by atoms with Gasteiger partial charge in [-0.25, -0.2) is 9.97 Å². The maximum Gasteiger partial charge on any atom is 0.144 e. The summed E-state index contributed by atoms with van der Waals surface area (Å²) in [4.78, 5) is 11.0. The molecule has 4 heteroatoms. The Morgan fingerprint density at radius 3 is 2.50 bits per heavy atom. The summed E-state index contributed by atoms with van der Waals surface area (Å²) >= 11 is 6.25. The van der Waals surface area contributed by atoms with Crippen LogP contribution in [0.3, 0.4) is 0 Å². The maximum absolute atomic E-state index is 6.25. The Kier molecular flexibility index (Phi) is 3.75. The highest BCUT2D eigenvalue weighted by Gasteiger charge is 2.14. The van der Waals surface area contributed by atoms with Crippen molar-refractivity contribution in [3.63, 3.8) is 0 Å². The molecule has 0 unspecified atom stereocenters. The average molecular weight is 312 g/mol. The molecule has 1 heterocycles. The van der Waals surface area contributed by atoms with Gasteiger partial charge in [0, 0.05) is 23.1 Å². The van der Waals surface area contributed by atoms with Crippen molar-refractivity contribution in [1.29, 1.82) is 0 Å². The van der Waals surface area contributed by atoms with E-state index in [4.69, 9.17) is 11.6 Å². The van der Waals surface area contributed by atoms with Crippen molar-refractivity contribution < 1.29 is 0 Å². The lowest BCUT2D eigenvalue weighted by Gasteiger charge is -2.22. The quantitative estimate of drug-likeness (QED) is 0.668. The van der Waals surface area contributed by atoms with Crippen LogP contribution in [0.1, 0.15) is 16.7 Å². The molecule has 0 amide bonds. The van der Waals surface area contributed by atoms with E-state index in [0.717, 1.165) is 33.0 Å². The van der Waals surface area contributed by atoms with Crippen molar-refractivity contribution in [3.05, 3.63) is 58.4 Å². The van der Waals surface area contributed by atoms with Crippen LogP contribution in [0, 0.1) is 20.8 Å². The first kappa shape index (κ1) is 14.8. The summed E-state index contributed by atoms with van der Waals surface area (Å²) in [5.41, 5.74) is 5.52. The third-order valence-corrected chi connectivity index (χ3v) is 4.56. The van der Waals surface area contributed by atoms with E-state index >= 15 is 0 Å². The topological polar surface area (TPSA) is 29.0 Å². The fraction of sp³-hybridized carbons (Fsp3) is 0.222. The van der Waals surface area contributed by atoms with Crippen molar-refractivity contribution in [2.45, 2.75) is 20.8 Å². The summed E-state index contributed by atoms with van der Waals surface area (Å²) in [7, 11) is 2.01. The lowest BCUT2D eigenvalue weighted by Crippen LogP contribution is -2.13. The van der Waals surface area contributed by atoms with Crippen LogP contribution in [0.4, 0.5) is 11.5 Å². The molecule has 0 aliphatic heterocycles. The number of rotatable bonds is 2. The average Bonchev–Trinajstić information content (AvgIpc) is 2.50. The molecule has 0 radical (unpaired) electrons. The molecule has 0 saturated heterocycles. The molecule has 0 aliphatic rings. The van der Waals surface area contributed by atoms with Crippen LogP contribution >= 0.6 is 11.6 Å². The predicted molar refractivity (Wildman–Crippen MR) is 93.3 cm³/mol. The Hall–Kier alpha value is -2.13. The first-order chi connectivity index (χ1) is 10.5. The van der Waals surface area contributed by atoms with Crippen LogP contribution in [-0.4, -0.2) is 17.0 Å². The first-order valence-electron chi connectivity index (χ1n) is 7.20. The fourth-order valence-corrected chi connectivity index (χ4v) is 2.81. The molecular formula is C18H18ClN3. The number of fused-ring (bicyclic) bond motifs is 1. The SMILES string of the molecule is Cc1cc2ncnc(N(C)c3cccc(Cl)c3C)c2cc1C. The molecule has 0 atom stereocenters. The summed E-state index contributed by atoms with van der Waals surface area (Å²) in [5.74, 6) is 0.887. The van der Waals surface area contributed by atoms with Crippen LogP contribution in [0.15, 0.2) is 36.7 Å². The van der Waals surface area contributed by atoms with E-state index in [1.54, 1.807) is 6.33 Å². The van der Waals surface area contributed by atoms with Gasteiger partial charge in [0.2, 0.25) is 0 Å². The van der Waals surface area contributed by atoms with E-state index in [2.05, 4.69) is 46.9 Å². The number of hydrogen-bond acceptors (Lipinski definition) is 3. The van der Waals surface area contributed by atoms with Gasteiger partial charge >= 0.3 is 0 Å². The van der Waals surface area contributed by atoms with Gasteiger partial charge in [0.25, 0.3) is 0 Å². The Labute approximate surface area is 135 Å². The van der Waals surface area contributed by atoms with Gasteiger partial charge < -0.3 is 4.90 Å². The minimum atomic E-state index is 0.759. The molecule has 0 saturated carbocycles.